The van der Waals surface area contributed by atoms with Crippen molar-refractivity contribution in [1.29, 1.82) is 0 Å². The summed E-state index contributed by atoms with van der Waals surface area (Å²) in [5, 5.41) is 6.39. The minimum Gasteiger partial charge on any atom is -0.369 e. The van der Waals surface area contributed by atoms with Gasteiger partial charge in [0, 0.05) is 66.8 Å². The van der Waals surface area contributed by atoms with E-state index in [1.54, 1.807) is 18.3 Å². The number of hydrogen-bond acceptors (Lipinski definition) is 7. The van der Waals surface area contributed by atoms with E-state index in [4.69, 9.17) is 9.97 Å². The summed E-state index contributed by atoms with van der Waals surface area (Å²) in [5.74, 6) is 0.333. The molecule has 0 aliphatic carbocycles. The van der Waals surface area contributed by atoms with Crippen LogP contribution in [0.3, 0.4) is 0 Å². The van der Waals surface area contributed by atoms with Crippen LogP contribution in [0, 0.1) is 0 Å². The number of aromatic nitrogens is 4. The number of imidazole rings is 1. The molecule has 4 heterocycles. The molecule has 9 heteroatoms. The molecule has 0 bridgehead atoms. The standard InChI is InChI=1S/C36H34N8O/c1-2-42-21-23-43(24-22-42)30-16-14-28(15-17-30)39-36-37-19-18-31(40-36)34-33(41-32-13-6-7-20-44(32)34)27-11-8-12-29(25-27)38-35(45)26-9-4-3-5-10-26/h3-20,25H,2,21-24H2,1H3,(H,38,45)(H,37,39,40). The van der Waals surface area contributed by atoms with Crippen LogP contribution in [0.25, 0.3) is 28.3 Å². The van der Waals surface area contributed by atoms with Gasteiger partial charge in [0.15, 0.2) is 0 Å². The van der Waals surface area contributed by atoms with Crippen LogP contribution in [0.1, 0.15) is 17.3 Å². The first kappa shape index (κ1) is 28.2. The van der Waals surface area contributed by atoms with Gasteiger partial charge >= 0.3 is 0 Å². The Kier molecular flexibility index (Phi) is 7.90. The number of carbonyl (C=O) groups is 1. The maximum absolute atomic E-state index is 12.8. The van der Waals surface area contributed by atoms with E-state index in [0.29, 0.717) is 17.2 Å². The molecule has 3 aromatic heterocycles. The van der Waals surface area contributed by atoms with Gasteiger partial charge < -0.3 is 20.4 Å². The van der Waals surface area contributed by atoms with Gasteiger partial charge in [-0.3, -0.25) is 9.20 Å². The van der Waals surface area contributed by atoms with Crippen molar-refractivity contribution in [2.45, 2.75) is 6.92 Å². The highest BCUT2D eigenvalue weighted by atomic mass is 16.1. The molecular weight excluding hydrogens is 560 g/mol. The average Bonchev–Trinajstić information content (AvgIpc) is 3.49. The summed E-state index contributed by atoms with van der Waals surface area (Å²) in [6, 6.07) is 33.2. The van der Waals surface area contributed by atoms with Crippen molar-refractivity contribution < 1.29 is 4.79 Å². The normalized spacial score (nSPS) is 13.6. The van der Waals surface area contributed by atoms with Crippen LogP contribution in [-0.4, -0.2) is 62.9 Å². The maximum atomic E-state index is 12.8. The van der Waals surface area contributed by atoms with Crippen molar-refractivity contribution in [1.82, 2.24) is 24.3 Å². The lowest BCUT2D eigenvalue weighted by atomic mass is 10.1. The van der Waals surface area contributed by atoms with Crippen LogP contribution in [0.4, 0.5) is 23.0 Å². The number of carbonyl (C=O) groups excluding carboxylic acids is 1. The summed E-state index contributed by atoms with van der Waals surface area (Å²) in [6.07, 6.45) is 3.74. The number of amides is 1. The van der Waals surface area contributed by atoms with E-state index >= 15 is 0 Å². The quantitative estimate of drug-likeness (QED) is 0.205. The Labute approximate surface area is 262 Å². The van der Waals surface area contributed by atoms with Gasteiger partial charge in [-0.2, -0.15) is 0 Å². The lowest BCUT2D eigenvalue weighted by Crippen LogP contribution is -2.46. The van der Waals surface area contributed by atoms with E-state index in [2.05, 4.69) is 56.6 Å². The van der Waals surface area contributed by atoms with Gasteiger partial charge in [-0.25, -0.2) is 15.0 Å². The van der Waals surface area contributed by atoms with Crippen LogP contribution >= 0.6 is 0 Å². The first-order valence-corrected chi connectivity index (χ1v) is 15.3. The zero-order valence-electron chi connectivity index (χ0n) is 25.1. The predicted octanol–water partition coefficient (Wildman–Crippen LogP) is 6.60. The molecule has 0 saturated carbocycles. The summed E-state index contributed by atoms with van der Waals surface area (Å²) in [4.78, 5) is 32.2. The fraction of sp³-hybridized carbons (Fsp3) is 0.167. The first-order valence-electron chi connectivity index (χ1n) is 15.3. The Morgan fingerprint density at radius 2 is 1.60 bits per heavy atom. The van der Waals surface area contributed by atoms with Gasteiger partial charge in [-0.1, -0.05) is 43.3 Å². The Hall–Kier alpha value is -5.54. The number of pyridine rings is 1. The molecule has 7 rings (SSSR count). The minimum atomic E-state index is -0.165. The van der Waals surface area contributed by atoms with Crippen molar-refractivity contribution >= 4 is 34.6 Å². The summed E-state index contributed by atoms with van der Waals surface area (Å²) in [7, 11) is 0. The van der Waals surface area contributed by atoms with Gasteiger partial charge in [0.2, 0.25) is 5.95 Å². The fourth-order valence-electron chi connectivity index (χ4n) is 5.74. The SMILES string of the molecule is CCN1CCN(c2ccc(Nc3nccc(-c4c(-c5cccc(NC(=O)c6ccccc6)c5)nc5ccccn45)n3)cc2)CC1. The minimum absolute atomic E-state index is 0.165. The van der Waals surface area contributed by atoms with Crippen molar-refractivity contribution in [3.8, 4) is 22.6 Å². The van der Waals surface area contributed by atoms with Crippen LogP contribution in [0.15, 0.2) is 116 Å². The zero-order chi connectivity index (χ0) is 30.6. The van der Waals surface area contributed by atoms with Crippen molar-refractivity contribution in [3.05, 3.63) is 121 Å². The molecule has 6 aromatic rings. The number of nitrogens with zero attached hydrogens (tertiary/aromatic N) is 6. The highest BCUT2D eigenvalue weighted by Crippen LogP contribution is 2.33. The highest BCUT2D eigenvalue weighted by Gasteiger charge is 2.19. The van der Waals surface area contributed by atoms with Gasteiger partial charge in [0.05, 0.1) is 17.1 Å². The van der Waals surface area contributed by atoms with Crippen LogP contribution in [0.5, 0.6) is 0 Å². The van der Waals surface area contributed by atoms with E-state index < -0.39 is 0 Å². The number of fused-ring (bicyclic) bond motifs is 1. The third kappa shape index (κ3) is 6.11. The van der Waals surface area contributed by atoms with Gasteiger partial charge in [0.25, 0.3) is 5.91 Å². The fourth-order valence-corrected chi connectivity index (χ4v) is 5.74. The Balaban J connectivity index is 1.16. The van der Waals surface area contributed by atoms with Crippen LogP contribution in [0.2, 0.25) is 0 Å². The zero-order valence-corrected chi connectivity index (χ0v) is 25.1. The maximum Gasteiger partial charge on any atom is 0.255 e. The Morgan fingerprint density at radius 3 is 2.40 bits per heavy atom. The molecule has 9 nitrogen and oxygen atoms in total. The molecule has 0 spiro atoms. The van der Waals surface area contributed by atoms with E-state index in [0.717, 1.165) is 66.7 Å². The molecule has 45 heavy (non-hydrogen) atoms. The molecule has 224 valence electrons. The molecule has 0 atom stereocenters. The number of benzene rings is 3. The lowest BCUT2D eigenvalue weighted by Gasteiger charge is -2.35. The second-order valence-electron chi connectivity index (χ2n) is 11.0. The predicted molar refractivity (Wildman–Crippen MR) is 180 cm³/mol. The third-order valence-corrected chi connectivity index (χ3v) is 8.17. The van der Waals surface area contributed by atoms with Gasteiger partial charge in [0.1, 0.15) is 5.65 Å². The van der Waals surface area contributed by atoms with Crippen molar-refractivity contribution in [3.63, 3.8) is 0 Å². The molecule has 0 unspecified atom stereocenters. The smallest absolute Gasteiger partial charge is 0.255 e. The van der Waals surface area contributed by atoms with Crippen molar-refractivity contribution in [2.24, 2.45) is 0 Å². The Morgan fingerprint density at radius 1 is 0.800 bits per heavy atom. The summed E-state index contributed by atoms with van der Waals surface area (Å²) < 4.78 is 2.03. The first-order chi connectivity index (χ1) is 22.1. The number of piperazine rings is 1. The van der Waals surface area contributed by atoms with Crippen LogP contribution in [-0.2, 0) is 0 Å². The summed E-state index contributed by atoms with van der Waals surface area (Å²) in [6.45, 7) is 7.58. The number of hydrogen-bond donors (Lipinski definition) is 2. The average molecular weight is 595 g/mol. The third-order valence-electron chi connectivity index (χ3n) is 8.17. The molecule has 1 aliphatic rings. The molecule has 1 aliphatic heterocycles. The van der Waals surface area contributed by atoms with E-state index in [9.17, 15) is 4.79 Å². The number of rotatable bonds is 8. The second-order valence-corrected chi connectivity index (χ2v) is 11.0. The molecule has 2 N–H and O–H groups in total. The summed E-state index contributed by atoms with van der Waals surface area (Å²) >= 11 is 0. The number of nitrogens with one attached hydrogen (secondary N) is 2. The van der Waals surface area contributed by atoms with Crippen molar-refractivity contribution in [2.75, 3.05) is 48.3 Å². The molecule has 1 fully saturated rings. The van der Waals surface area contributed by atoms with Gasteiger partial charge in [-0.15, -0.1) is 0 Å². The van der Waals surface area contributed by atoms with Gasteiger partial charge in [-0.05, 0) is 73.3 Å². The lowest BCUT2D eigenvalue weighted by molar-refractivity contribution is 0.102. The molecule has 1 saturated heterocycles. The second kappa shape index (κ2) is 12.6. The van der Waals surface area contributed by atoms with E-state index in [-0.39, 0.29) is 5.91 Å². The summed E-state index contributed by atoms with van der Waals surface area (Å²) in [5.41, 5.74) is 7.41. The monoisotopic (exact) mass is 594 g/mol. The molecular formula is C36H34N8O. The molecule has 0 radical (unpaired) electrons. The number of anilines is 4. The highest BCUT2D eigenvalue weighted by molar-refractivity contribution is 6.04. The largest absolute Gasteiger partial charge is 0.369 e. The number of likely N-dealkylation sites (N-methyl/N-ethyl adjacent to an activating group) is 1. The van der Waals surface area contributed by atoms with E-state index in [1.807, 2.05) is 77.3 Å². The molecule has 3 aromatic carbocycles. The molecule has 1 amide bonds. The topological polar surface area (TPSA) is 90.7 Å². The van der Waals surface area contributed by atoms with Crippen LogP contribution < -0.4 is 15.5 Å². The van der Waals surface area contributed by atoms with E-state index in [1.165, 1.54) is 5.69 Å². The Bertz CT molecular complexity index is 1930.